The lowest BCUT2D eigenvalue weighted by atomic mass is 10.2. The van der Waals surface area contributed by atoms with Crippen molar-refractivity contribution < 1.29 is 0 Å². The van der Waals surface area contributed by atoms with Crippen molar-refractivity contribution in [3.05, 3.63) is 60.7 Å². The van der Waals surface area contributed by atoms with Gasteiger partial charge in [0, 0.05) is 42.4 Å². The number of nitrogens with one attached hydrogen (secondary N) is 1. The molecule has 0 radical (unpaired) electrons. The molecule has 1 aromatic carbocycles. The molecule has 0 aliphatic rings. The van der Waals surface area contributed by atoms with Gasteiger partial charge in [-0.2, -0.15) is 10.2 Å². The van der Waals surface area contributed by atoms with Crippen molar-refractivity contribution in [2.75, 3.05) is 5.32 Å². The van der Waals surface area contributed by atoms with Gasteiger partial charge in [-0.3, -0.25) is 4.68 Å². The van der Waals surface area contributed by atoms with Crippen molar-refractivity contribution in [3.63, 3.8) is 0 Å². The Hall–Kier alpha value is -2.56. The van der Waals surface area contributed by atoms with E-state index in [9.17, 15) is 0 Å². The number of anilines is 1. The molecule has 3 aromatic rings. The maximum Gasteiger partial charge on any atom is 0.0666 e. The monoisotopic (exact) mass is 281 g/mol. The molecule has 5 nitrogen and oxygen atoms in total. The van der Waals surface area contributed by atoms with Gasteiger partial charge in [-0.1, -0.05) is 6.07 Å². The molecule has 1 N–H and O–H groups in total. The Kier molecular flexibility index (Phi) is 3.73. The lowest BCUT2D eigenvalue weighted by molar-refractivity contribution is 0.532. The summed E-state index contributed by atoms with van der Waals surface area (Å²) < 4.78 is 3.82. The number of hydrogen-bond acceptors (Lipinski definition) is 3. The average Bonchev–Trinajstić information content (AvgIpc) is 3.17. The van der Waals surface area contributed by atoms with Gasteiger partial charge in [-0.15, -0.1) is 0 Å². The summed E-state index contributed by atoms with van der Waals surface area (Å²) in [4.78, 5) is 0. The van der Waals surface area contributed by atoms with Gasteiger partial charge < -0.3 is 5.32 Å². The number of aromatic nitrogens is 4. The molecule has 108 valence electrons. The predicted molar refractivity (Wildman–Crippen MR) is 83.5 cm³/mol. The van der Waals surface area contributed by atoms with Crippen LogP contribution in [0.2, 0.25) is 0 Å². The van der Waals surface area contributed by atoms with E-state index in [2.05, 4.69) is 47.7 Å². The zero-order valence-corrected chi connectivity index (χ0v) is 12.3. The molecular weight excluding hydrogens is 262 g/mol. The second-order valence-electron chi connectivity index (χ2n) is 5.28. The lowest BCUT2D eigenvalue weighted by Crippen LogP contribution is -2.02. The molecular formula is C16H19N5. The Morgan fingerprint density at radius 1 is 1.19 bits per heavy atom. The molecule has 3 rings (SSSR count). The summed E-state index contributed by atoms with van der Waals surface area (Å²) in [5.74, 6) is 0. The minimum atomic E-state index is 0.391. The molecule has 2 heterocycles. The van der Waals surface area contributed by atoms with Crippen LogP contribution in [0.15, 0.2) is 55.1 Å². The SMILES string of the molecule is CC(C)n1cc(CNc2cccc(-n3cccn3)c2)cn1. The van der Waals surface area contributed by atoms with Crippen molar-refractivity contribution >= 4 is 5.69 Å². The number of nitrogens with zero attached hydrogens (tertiary/aromatic N) is 4. The first-order chi connectivity index (χ1) is 10.2. The summed E-state index contributed by atoms with van der Waals surface area (Å²) in [6.45, 7) is 5.00. The normalized spacial score (nSPS) is 11.0. The van der Waals surface area contributed by atoms with Crippen LogP contribution in [-0.4, -0.2) is 19.6 Å². The molecule has 0 atom stereocenters. The summed E-state index contributed by atoms with van der Waals surface area (Å²) in [6, 6.07) is 10.5. The largest absolute Gasteiger partial charge is 0.381 e. The van der Waals surface area contributed by atoms with Crippen molar-refractivity contribution in [2.45, 2.75) is 26.4 Å². The fourth-order valence-corrected chi connectivity index (χ4v) is 2.14. The number of hydrogen-bond donors (Lipinski definition) is 1. The lowest BCUT2D eigenvalue weighted by Gasteiger charge is -2.08. The molecule has 0 unspecified atom stereocenters. The first-order valence-corrected chi connectivity index (χ1v) is 7.09. The molecule has 2 aromatic heterocycles. The van der Waals surface area contributed by atoms with Crippen molar-refractivity contribution in [1.29, 1.82) is 0 Å². The van der Waals surface area contributed by atoms with Crippen LogP contribution in [0.5, 0.6) is 0 Å². The van der Waals surface area contributed by atoms with Gasteiger partial charge in [0.2, 0.25) is 0 Å². The van der Waals surface area contributed by atoms with Crippen LogP contribution in [-0.2, 0) is 6.54 Å². The molecule has 0 aliphatic carbocycles. The third-order valence-electron chi connectivity index (χ3n) is 3.30. The zero-order valence-electron chi connectivity index (χ0n) is 12.3. The maximum atomic E-state index is 4.35. The van der Waals surface area contributed by atoms with Crippen LogP contribution in [0, 0.1) is 0 Å². The van der Waals surface area contributed by atoms with Crippen molar-refractivity contribution in [3.8, 4) is 5.69 Å². The highest BCUT2D eigenvalue weighted by Gasteiger charge is 2.02. The second kappa shape index (κ2) is 5.83. The Bertz CT molecular complexity index is 697. The first kappa shape index (κ1) is 13.4. The van der Waals surface area contributed by atoms with Crippen LogP contribution < -0.4 is 5.32 Å². The Labute approximate surface area is 124 Å². The minimum absolute atomic E-state index is 0.391. The van der Waals surface area contributed by atoms with E-state index < -0.39 is 0 Å². The van der Waals surface area contributed by atoms with Crippen LogP contribution >= 0.6 is 0 Å². The van der Waals surface area contributed by atoms with Gasteiger partial charge in [-0.25, -0.2) is 4.68 Å². The smallest absolute Gasteiger partial charge is 0.0666 e. The van der Waals surface area contributed by atoms with Crippen LogP contribution in [0.25, 0.3) is 5.69 Å². The van der Waals surface area contributed by atoms with Gasteiger partial charge in [0.25, 0.3) is 0 Å². The molecule has 0 aliphatic heterocycles. The van der Waals surface area contributed by atoms with Crippen molar-refractivity contribution in [1.82, 2.24) is 19.6 Å². The Morgan fingerprint density at radius 2 is 2.10 bits per heavy atom. The molecule has 5 heteroatoms. The minimum Gasteiger partial charge on any atom is -0.381 e. The fourth-order valence-electron chi connectivity index (χ4n) is 2.14. The van der Waals surface area contributed by atoms with Gasteiger partial charge in [-0.05, 0) is 38.1 Å². The van der Waals surface area contributed by atoms with E-state index in [1.165, 1.54) is 5.56 Å². The van der Waals surface area contributed by atoms with Gasteiger partial charge in [0.15, 0.2) is 0 Å². The molecule has 0 amide bonds. The van der Waals surface area contributed by atoms with Crippen LogP contribution in [0.3, 0.4) is 0 Å². The number of benzene rings is 1. The Balaban J connectivity index is 1.69. The summed E-state index contributed by atoms with van der Waals surface area (Å²) >= 11 is 0. The highest BCUT2D eigenvalue weighted by atomic mass is 15.3. The van der Waals surface area contributed by atoms with E-state index in [1.54, 1.807) is 6.20 Å². The molecule has 0 bridgehead atoms. The van der Waals surface area contributed by atoms with Gasteiger partial charge in [0.1, 0.15) is 0 Å². The average molecular weight is 281 g/mol. The summed E-state index contributed by atoms with van der Waals surface area (Å²) in [6.07, 6.45) is 7.70. The second-order valence-corrected chi connectivity index (χ2v) is 5.28. The van der Waals surface area contributed by atoms with E-state index in [1.807, 2.05) is 40.0 Å². The third kappa shape index (κ3) is 3.13. The molecule has 21 heavy (non-hydrogen) atoms. The summed E-state index contributed by atoms with van der Waals surface area (Å²) in [5, 5.41) is 12.0. The maximum absolute atomic E-state index is 4.35. The first-order valence-electron chi connectivity index (χ1n) is 7.09. The topological polar surface area (TPSA) is 47.7 Å². The molecule has 0 spiro atoms. The van der Waals surface area contributed by atoms with Crippen LogP contribution in [0.1, 0.15) is 25.5 Å². The Morgan fingerprint density at radius 3 is 2.81 bits per heavy atom. The highest BCUT2D eigenvalue weighted by Crippen LogP contribution is 2.15. The predicted octanol–water partition coefficient (Wildman–Crippen LogP) is 3.26. The number of rotatable bonds is 5. The van der Waals surface area contributed by atoms with E-state index in [0.29, 0.717) is 6.04 Å². The molecule has 0 fully saturated rings. The van der Waals surface area contributed by atoms with Gasteiger partial charge >= 0.3 is 0 Å². The van der Waals surface area contributed by atoms with Crippen LogP contribution in [0.4, 0.5) is 5.69 Å². The van der Waals surface area contributed by atoms with E-state index >= 15 is 0 Å². The molecule has 0 saturated heterocycles. The van der Waals surface area contributed by atoms with Gasteiger partial charge in [0.05, 0.1) is 11.9 Å². The van der Waals surface area contributed by atoms with E-state index in [-0.39, 0.29) is 0 Å². The third-order valence-corrected chi connectivity index (χ3v) is 3.30. The molecule has 0 saturated carbocycles. The zero-order chi connectivity index (χ0) is 14.7. The fraction of sp³-hybridized carbons (Fsp3) is 0.250. The summed E-state index contributed by atoms with van der Waals surface area (Å²) in [5.41, 5.74) is 3.29. The quantitative estimate of drug-likeness (QED) is 0.781. The van der Waals surface area contributed by atoms with E-state index in [4.69, 9.17) is 0 Å². The van der Waals surface area contributed by atoms with E-state index in [0.717, 1.165) is 17.9 Å². The summed E-state index contributed by atoms with van der Waals surface area (Å²) in [7, 11) is 0. The highest BCUT2D eigenvalue weighted by molar-refractivity contribution is 5.51. The van der Waals surface area contributed by atoms with Crippen molar-refractivity contribution in [2.24, 2.45) is 0 Å². The standard InChI is InChI=1S/C16H19N5/c1-13(2)21-12-14(11-19-21)10-17-15-5-3-6-16(9-15)20-8-4-7-18-20/h3-9,11-13,17H,10H2,1-2H3.